The van der Waals surface area contributed by atoms with Gasteiger partial charge in [-0.15, -0.1) is 0 Å². The largest absolute Gasteiger partial charge is 0.494 e. The van der Waals surface area contributed by atoms with Crippen molar-refractivity contribution in [1.29, 1.82) is 0 Å². The monoisotopic (exact) mass is 307 g/mol. The highest BCUT2D eigenvalue weighted by Crippen LogP contribution is 2.13. The lowest BCUT2D eigenvalue weighted by Crippen LogP contribution is -2.25. The molecular formula is C16H21NO5. The number of carboxylic acids is 1. The van der Waals surface area contributed by atoms with Gasteiger partial charge in [0.05, 0.1) is 6.61 Å². The predicted octanol–water partition coefficient (Wildman–Crippen LogP) is 2.03. The van der Waals surface area contributed by atoms with Crippen LogP contribution in [0.5, 0.6) is 5.75 Å². The molecule has 1 amide bonds. The third kappa shape index (κ3) is 6.88. The first-order valence-corrected chi connectivity index (χ1v) is 7.27. The zero-order valence-corrected chi connectivity index (χ0v) is 12.6. The molecule has 0 fully saturated rings. The molecule has 0 unspecified atom stereocenters. The fraction of sp³-hybridized carbons (Fsp3) is 0.438. The van der Waals surface area contributed by atoms with Crippen molar-refractivity contribution in [2.24, 2.45) is 0 Å². The van der Waals surface area contributed by atoms with E-state index in [4.69, 9.17) is 9.84 Å². The molecule has 1 rings (SSSR count). The number of carboxylic acid groups (broad SMARTS) is 1. The number of rotatable bonds is 10. The summed E-state index contributed by atoms with van der Waals surface area (Å²) in [4.78, 5) is 33.8. The van der Waals surface area contributed by atoms with E-state index in [-0.39, 0.29) is 31.0 Å². The van der Waals surface area contributed by atoms with Gasteiger partial charge in [-0.05, 0) is 37.6 Å². The number of hydrogen-bond donors (Lipinski definition) is 2. The van der Waals surface area contributed by atoms with E-state index in [0.29, 0.717) is 30.9 Å². The van der Waals surface area contributed by atoms with Crippen molar-refractivity contribution < 1.29 is 24.2 Å². The topological polar surface area (TPSA) is 92.7 Å². The molecule has 2 N–H and O–H groups in total. The van der Waals surface area contributed by atoms with Gasteiger partial charge in [0.1, 0.15) is 5.75 Å². The third-order valence-corrected chi connectivity index (χ3v) is 2.96. The van der Waals surface area contributed by atoms with Crippen LogP contribution in [-0.4, -0.2) is 35.9 Å². The lowest BCUT2D eigenvalue weighted by atomic mass is 10.1. The molecule has 0 heterocycles. The summed E-state index contributed by atoms with van der Waals surface area (Å²) in [7, 11) is 0. The number of carbonyl (C=O) groups excluding carboxylic acids is 2. The molecule has 0 atom stereocenters. The van der Waals surface area contributed by atoms with Crippen LogP contribution >= 0.6 is 0 Å². The SMILES string of the molecule is CCOc1ccc(C(=O)CCC(=O)NCCCC(=O)O)cc1. The normalized spacial score (nSPS) is 10.0. The zero-order chi connectivity index (χ0) is 16.4. The van der Waals surface area contributed by atoms with E-state index >= 15 is 0 Å². The molecule has 120 valence electrons. The van der Waals surface area contributed by atoms with Gasteiger partial charge >= 0.3 is 5.97 Å². The summed E-state index contributed by atoms with van der Waals surface area (Å²) in [5, 5.41) is 11.1. The van der Waals surface area contributed by atoms with Crippen molar-refractivity contribution in [3.8, 4) is 5.75 Å². The molecule has 1 aromatic rings. The van der Waals surface area contributed by atoms with Gasteiger partial charge in [0.15, 0.2) is 5.78 Å². The fourth-order valence-electron chi connectivity index (χ4n) is 1.83. The highest BCUT2D eigenvalue weighted by Gasteiger charge is 2.09. The maximum Gasteiger partial charge on any atom is 0.303 e. The number of amides is 1. The van der Waals surface area contributed by atoms with Crippen molar-refractivity contribution in [1.82, 2.24) is 5.32 Å². The molecule has 22 heavy (non-hydrogen) atoms. The third-order valence-electron chi connectivity index (χ3n) is 2.96. The zero-order valence-electron chi connectivity index (χ0n) is 12.6. The number of benzene rings is 1. The van der Waals surface area contributed by atoms with Crippen LogP contribution < -0.4 is 10.1 Å². The number of Topliss-reactive ketones (excluding diaryl/α,β-unsaturated/α-hetero) is 1. The number of ether oxygens (including phenoxy) is 1. The van der Waals surface area contributed by atoms with Gasteiger partial charge < -0.3 is 15.2 Å². The molecular weight excluding hydrogens is 286 g/mol. The standard InChI is InChI=1S/C16H21NO5/c1-2-22-13-7-5-12(6-8-13)14(18)9-10-15(19)17-11-3-4-16(20)21/h5-8H,2-4,9-11H2,1H3,(H,17,19)(H,20,21). The molecule has 0 aliphatic rings. The minimum Gasteiger partial charge on any atom is -0.494 e. The van der Waals surface area contributed by atoms with E-state index < -0.39 is 5.97 Å². The Kier molecular flexibility index (Phi) is 7.67. The summed E-state index contributed by atoms with van der Waals surface area (Å²) in [5.41, 5.74) is 0.544. The smallest absolute Gasteiger partial charge is 0.303 e. The molecule has 0 aliphatic heterocycles. The van der Waals surface area contributed by atoms with E-state index in [0.717, 1.165) is 0 Å². The second kappa shape index (κ2) is 9.55. The van der Waals surface area contributed by atoms with Gasteiger partial charge in [0.2, 0.25) is 5.91 Å². The van der Waals surface area contributed by atoms with E-state index in [1.807, 2.05) is 6.92 Å². The second-order valence-corrected chi connectivity index (χ2v) is 4.73. The van der Waals surface area contributed by atoms with E-state index in [1.54, 1.807) is 24.3 Å². The maximum atomic E-state index is 11.9. The average molecular weight is 307 g/mol. The molecule has 0 aromatic heterocycles. The van der Waals surface area contributed by atoms with Crippen LogP contribution in [0.25, 0.3) is 0 Å². The fourth-order valence-corrected chi connectivity index (χ4v) is 1.83. The quantitative estimate of drug-likeness (QED) is 0.509. The average Bonchev–Trinajstić information content (AvgIpc) is 2.50. The van der Waals surface area contributed by atoms with Gasteiger partial charge in [-0.2, -0.15) is 0 Å². The molecule has 6 nitrogen and oxygen atoms in total. The maximum absolute atomic E-state index is 11.9. The van der Waals surface area contributed by atoms with Crippen LogP contribution in [0.15, 0.2) is 24.3 Å². The lowest BCUT2D eigenvalue weighted by Gasteiger charge is -2.05. The van der Waals surface area contributed by atoms with Crippen molar-refractivity contribution in [3.63, 3.8) is 0 Å². The first-order valence-electron chi connectivity index (χ1n) is 7.27. The molecule has 0 saturated carbocycles. The summed E-state index contributed by atoms with van der Waals surface area (Å²) in [6.07, 6.45) is 0.622. The number of carbonyl (C=O) groups is 3. The van der Waals surface area contributed by atoms with Gasteiger partial charge in [-0.25, -0.2) is 0 Å². The minimum atomic E-state index is -0.889. The van der Waals surface area contributed by atoms with Crippen LogP contribution in [0.3, 0.4) is 0 Å². The number of hydrogen-bond acceptors (Lipinski definition) is 4. The van der Waals surface area contributed by atoms with Crippen LogP contribution in [-0.2, 0) is 9.59 Å². The summed E-state index contributed by atoms with van der Waals surface area (Å²) < 4.78 is 5.29. The first-order chi connectivity index (χ1) is 10.5. The Morgan fingerprint density at radius 3 is 2.36 bits per heavy atom. The molecule has 6 heteroatoms. The van der Waals surface area contributed by atoms with Crippen LogP contribution in [0.1, 0.15) is 43.0 Å². The van der Waals surface area contributed by atoms with Gasteiger partial charge in [-0.1, -0.05) is 0 Å². The van der Waals surface area contributed by atoms with Crippen molar-refractivity contribution in [2.45, 2.75) is 32.6 Å². The Bertz CT molecular complexity index is 510. The molecule has 0 saturated heterocycles. The van der Waals surface area contributed by atoms with Crippen molar-refractivity contribution in [3.05, 3.63) is 29.8 Å². The molecule has 1 aromatic carbocycles. The molecule has 0 aliphatic carbocycles. The summed E-state index contributed by atoms with van der Waals surface area (Å²) in [6, 6.07) is 6.81. The van der Waals surface area contributed by atoms with E-state index in [9.17, 15) is 14.4 Å². The van der Waals surface area contributed by atoms with E-state index in [2.05, 4.69) is 5.32 Å². The molecule has 0 radical (unpaired) electrons. The number of aliphatic carboxylic acids is 1. The highest BCUT2D eigenvalue weighted by molar-refractivity contribution is 5.98. The number of nitrogens with one attached hydrogen (secondary N) is 1. The Morgan fingerprint density at radius 2 is 1.77 bits per heavy atom. The van der Waals surface area contributed by atoms with Crippen LogP contribution in [0, 0.1) is 0 Å². The van der Waals surface area contributed by atoms with Gasteiger partial charge in [0, 0.05) is 31.4 Å². The van der Waals surface area contributed by atoms with Gasteiger partial charge in [-0.3, -0.25) is 14.4 Å². The van der Waals surface area contributed by atoms with Crippen LogP contribution in [0.4, 0.5) is 0 Å². The van der Waals surface area contributed by atoms with Gasteiger partial charge in [0.25, 0.3) is 0 Å². The minimum absolute atomic E-state index is 0.0192. The Hall–Kier alpha value is -2.37. The number of ketones is 1. The van der Waals surface area contributed by atoms with Crippen molar-refractivity contribution >= 4 is 17.7 Å². The molecule has 0 spiro atoms. The summed E-state index contributed by atoms with van der Waals surface area (Å²) >= 11 is 0. The predicted molar refractivity (Wildman–Crippen MR) is 81.1 cm³/mol. The lowest BCUT2D eigenvalue weighted by molar-refractivity contribution is -0.137. The Morgan fingerprint density at radius 1 is 1.09 bits per heavy atom. The van der Waals surface area contributed by atoms with Crippen molar-refractivity contribution in [2.75, 3.05) is 13.2 Å². The summed E-state index contributed by atoms with van der Waals surface area (Å²) in [6.45, 7) is 2.76. The Balaban J connectivity index is 2.29. The highest BCUT2D eigenvalue weighted by atomic mass is 16.5. The van der Waals surface area contributed by atoms with Crippen LogP contribution in [0.2, 0.25) is 0 Å². The summed E-state index contributed by atoms with van der Waals surface area (Å²) in [5.74, 6) is -0.538. The molecule has 0 bridgehead atoms. The first kappa shape index (κ1) is 17.7. The van der Waals surface area contributed by atoms with E-state index in [1.165, 1.54) is 0 Å². The Labute approximate surface area is 129 Å². The second-order valence-electron chi connectivity index (χ2n) is 4.73.